The van der Waals surface area contributed by atoms with E-state index >= 15 is 0 Å². The molecule has 2 unspecified atom stereocenters. The zero-order valence-electron chi connectivity index (χ0n) is 17.3. The zero-order chi connectivity index (χ0) is 21.5. The lowest BCUT2D eigenvalue weighted by molar-refractivity contribution is 0.196. The highest BCUT2D eigenvalue weighted by Crippen LogP contribution is 2.37. The summed E-state index contributed by atoms with van der Waals surface area (Å²) in [7, 11) is 1.59. The highest BCUT2D eigenvalue weighted by atomic mass is 32.2. The second-order valence-corrected chi connectivity index (χ2v) is 8.12. The van der Waals surface area contributed by atoms with Crippen LogP contribution in [0.2, 0.25) is 0 Å². The Labute approximate surface area is 179 Å². The number of anilines is 1. The number of benzene rings is 1. The minimum absolute atomic E-state index is 0.0676. The number of pyridine rings is 1. The summed E-state index contributed by atoms with van der Waals surface area (Å²) in [6, 6.07) is 5.81. The third kappa shape index (κ3) is 5.58. The largest absolute Gasteiger partial charge is 0.759 e. The van der Waals surface area contributed by atoms with Crippen LogP contribution in [0.5, 0.6) is 11.5 Å². The van der Waals surface area contributed by atoms with Crippen molar-refractivity contribution in [3.8, 4) is 11.5 Å². The van der Waals surface area contributed by atoms with Gasteiger partial charge in [0, 0.05) is 54.2 Å². The third-order valence-corrected chi connectivity index (χ3v) is 5.93. The second-order valence-electron chi connectivity index (χ2n) is 7.44. The van der Waals surface area contributed by atoms with Gasteiger partial charge in [-0.2, -0.15) is 4.83 Å². The molecule has 0 spiro atoms. The molecule has 1 aromatic heterocycles. The number of hydrazine groups is 1. The fraction of sp³-hybridized carbons (Fsp3) is 0.550. The SMILES string of the molecule is COc1cc2nccc(N3CCC(C(C)CNNS(=O)[O-])CC3)c2cc1OCCO. The summed E-state index contributed by atoms with van der Waals surface area (Å²) in [4.78, 5) is 9.05. The van der Waals surface area contributed by atoms with Gasteiger partial charge in [-0.3, -0.25) is 9.19 Å². The molecule has 3 rings (SSSR count). The van der Waals surface area contributed by atoms with E-state index in [2.05, 4.69) is 27.1 Å². The summed E-state index contributed by atoms with van der Waals surface area (Å²) < 4.78 is 32.2. The first-order valence-electron chi connectivity index (χ1n) is 10.1. The van der Waals surface area contributed by atoms with E-state index in [4.69, 9.17) is 14.6 Å². The van der Waals surface area contributed by atoms with E-state index in [0.717, 1.165) is 42.5 Å². The van der Waals surface area contributed by atoms with E-state index in [1.165, 1.54) is 0 Å². The molecule has 0 bridgehead atoms. The smallest absolute Gasteiger partial charge is 0.162 e. The van der Waals surface area contributed by atoms with Gasteiger partial charge < -0.3 is 24.0 Å². The minimum Gasteiger partial charge on any atom is -0.759 e. The Balaban J connectivity index is 1.72. The molecule has 1 aromatic carbocycles. The number of aliphatic hydroxyl groups is 1. The van der Waals surface area contributed by atoms with Crippen molar-refractivity contribution in [2.75, 3.05) is 44.9 Å². The first-order valence-corrected chi connectivity index (χ1v) is 11.1. The number of rotatable bonds is 10. The summed E-state index contributed by atoms with van der Waals surface area (Å²) in [6.45, 7) is 4.69. The third-order valence-electron chi connectivity index (χ3n) is 5.62. The van der Waals surface area contributed by atoms with E-state index in [1.807, 2.05) is 18.2 Å². The van der Waals surface area contributed by atoms with E-state index in [9.17, 15) is 8.76 Å². The molecule has 1 aliphatic heterocycles. The van der Waals surface area contributed by atoms with Gasteiger partial charge in [0.05, 0.1) is 19.2 Å². The Morgan fingerprint density at radius 2 is 2.13 bits per heavy atom. The molecule has 10 heteroatoms. The highest BCUT2D eigenvalue weighted by Gasteiger charge is 2.25. The van der Waals surface area contributed by atoms with Crippen LogP contribution < -0.4 is 24.6 Å². The molecule has 9 nitrogen and oxygen atoms in total. The standard InChI is InChI=1S/C20H30N4O5S/c1-14(13-22-23-30(26)27)15-4-7-24(8-5-15)18-3-6-21-17-12-19(28-2)20(11-16(17)18)29-10-9-25/h3,6,11-12,14-15,22-23,25H,4-5,7-10,13H2,1-2H3,(H,26,27)/p-1. The molecule has 166 valence electrons. The van der Waals surface area contributed by atoms with Crippen LogP contribution >= 0.6 is 0 Å². The van der Waals surface area contributed by atoms with Crippen LogP contribution in [0, 0.1) is 11.8 Å². The number of nitrogens with one attached hydrogen (secondary N) is 2. The van der Waals surface area contributed by atoms with E-state index in [0.29, 0.717) is 29.9 Å². The number of fused-ring (bicyclic) bond motifs is 1. The van der Waals surface area contributed by atoms with Gasteiger partial charge >= 0.3 is 0 Å². The number of nitrogens with zero attached hydrogens (tertiary/aromatic N) is 2. The lowest BCUT2D eigenvalue weighted by Gasteiger charge is -2.36. The summed E-state index contributed by atoms with van der Waals surface area (Å²) in [5, 5.41) is 10.1. The van der Waals surface area contributed by atoms with Gasteiger partial charge in [0.15, 0.2) is 11.5 Å². The average molecular weight is 438 g/mol. The van der Waals surface area contributed by atoms with Gasteiger partial charge in [0.25, 0.3) is 0 Å². The van der Waals surface area contributed by atoms with Crippen molar-refractivity contribution >= 4 is 27.9 Å². The molecule has 0 amide bonds. The maximum absolute atomic E-state index is 10.6. The lowest BCUT2D eigenvalue weighted by atomic mass is 9.85. The van der Waals surface area contributed by atoms with Gasteiger partial charge in [-0.15, -0.1) is 0 Å². The predicted molar refractivity (Wildman–Crippen MR) is 115 cm³/mol. The van der Waals surface area contributed by atoms with E-state index in [-0.39, 0.29) is 13.2 Å². The van der Waals surface area contributed by atoms with Crippen molar-refractivity contribution in [1.29, 1.82) is 0 Å². The molecule has 30 heavy (non-hydrogen) atoms. The minimum atomic E-state index is -2.30. The first kappa shape index (κ1) is 22.7. The molecule has 2 heterocycles. The number of aromatic nitrogens is 1. The monoisotopic (exact) mass is 437 g/mol. The van der Waals surface area contributed by atoms with Crippen LogP contribution in [0.1, 0.15) is 19.8 Å². The van der Waals surface area contributed by atoms with E-state index < -0.39 is 11.3 Å². The van der Waals surface area contributed by atoms with Crippen LogP contribution in [0.3, 0.4) is 0 Å². The van der Waals surface area contributed by atoms with Crippen LogP contribution in [0.15, 0.2) is 24.4 Å². The van der Waals surface area contributed by atoms with Gasteiger partial charge in [0.2, 0.25) is 0 Å². The number of piperidine rings is 1. The first-order chi connectivity index (χ1) is 14.5. The molecule has 1 fully saturated rings. The molecule has 3 N–H and O–H groups in total. The molecule has 1 saturated heterocycles. The summed E-state index contributed by atoms with van der Waals surface area (Å²) in [5.41, 5.74) is 4.69. The van der Waals surface area contributed by atoms with Crippen molar-refractivity contribution in [3.63, 3.8) is 0 Å². The van der Waals surface area contributed by atoms with Gasteiger partial charge in [-0.1, -0.05) is 6.92 Å². The topological polar surface area (TPSA) is 119 Å². The zero-order valence-corrected chi connectivity index (χ0v) is 18.1. The number of aliphatic hydroxyl groups excluding tert-OH is 1. The van der Waals surface area contributed by atoms with Crippen LogP contribution in [-0.4, -0.2) is 58.8 Å². The Morgan fingerprint density at radius 1 is 1.37 bits per heavy atom. The summed E-state index contributed by atoms with van der Waals surface area (Å²) in [6.07, 6.45) is 3.85. The normalized spacial score (nSPS) is 17.1. The summed E-state index contributed by atoms with van der Waals surface area (Å²) >= 11 is -2.30. The van der Waals surface area contributed by atoms with Crippen molar-refractivity contribution in [1.82, 2.24) is 15.2 Å². The van der Waals surface area contributed by atoms with Crippen LogP contribution in [0.25, 0.3) is 10.9 Å². The maximum Gasteiger partial charge on any atom is 0.162 e. The fourth-order valence-corrected chi connectivity index (χ4v) is 4.18. The Kier molecular flexibility index (Phi) is 8.23. The Bertz CT molecular complexity index is 860. The summed E-state index contributed by atoms with van der Waals surface area (Å²) in [5.74, 6) is 2.06. The maximum atomic E-state index is 10.6. The van der Waals surface area contributed by atoms with Crippen LogP contribution in [0.4, 0.5) is 5.69 Å². The number of methoxy groups -OCH3 is 1. The number of hydrogen-bond donors (Lipinski definition) is 3. The van der Waals surface area contributed by atoms with Crippen molar-refractivity contribution < 1.29 is 23.3 Å². The van der Waals surface area contributed by atoms with Gasteiger partial charge in [0.1, 0.15) is 6.61 Å². The van der Waals surface area contributed by atoms with Gasteiger partial charge in [-0.05, 0) is 36.8 Å². The lowest BCUT2D eigenvalue weighted by Crippen LogP contribution is -2.41. The molecule has 0 radical (unpaired) electrons. The molecular formula is C20H29N4O5S-. The average Bonchev–Trinajstić information content (AvgIpc) is 2.76. The molecular weight excluding hydrogens is 408 g/mol. The van der Waals surface area contributed by atoms with Gasteiger partial charge in [-0.25, -0.2) is 5.43 Å². The van der Waals surface area contributed by atoms with E-state index in [1.54, 1.807) is 13.3 Å². The number of hydrogen-bond acceptors (Lipinski definition) is 8. The quantitative estimate of drug-likeness (QED) is 0.377. The van der Waals surface area contributed by atoms with Crippen molar-refractivity contribution in [2.24, 2.45) is 11.8 Å². The second kappa shape index (κ2) is 10.9. The molecule has 2 atom stereocenters. The highest BCUT2D eigenvalue weighted by molar-refractivity contribution is 7.76. The predicted octanol–water partition coefficient (Wildman–Crippen LogP) is 1.36. The Morgan fingerprint density at radius 3 is 2.80 bits per heavy atom. The van der Waals surface area contributed by atoms with Crippen molar-refractivity contribution in [2.45, 2.75) is 19.8 Å². The molecule has 0 saturated carbocycles. The molecule has 1 aliphatic rings. The fourth-order valence-electron chi connectivity index (χ4n) is 3.98. The van der Waals surface area contributed by atoms with Crippen molar-refractivity contribution in [3.05, 3.63) is 24.4 Å². The number of ether oxygens (including phenoxy) is 2. The molecule has 0 aliphatic carbocycles. The van der Waals surface area contributed by atoms with Crippen LogP contribution in [-0.2, 0) is 11.3 Å². The molecule has 2 aromatic rings. The Hall–Kier alpha value is -1.98.